The third-order valence-corrected chi connectivity index (χ3v) is 3.92. The third-order valence-electron chi connectivity index (χ3n) is 3.92. The Hall–Kier alpha value is -1.76. The van der Waals surface area contributed by atoms with E-state index in [1.165, 1.54) is 12.1 Å². The SMILES string of the molecule is CC(CCO)CNC(=O)C1CC1c1ccc(OC(F)(F)F)cc1. The molecule has 128 valence electrons. The number of aliphatic hydroxyl groups is 1. The number of ether oxygens (including phenoxy) is 1. The van der Waals surface area contributed by atoms with Crippen LogP contribution in [0.4, 0.5) is 13.2 Å². The molecule has 2 rings (SSSR count). The van der Waals surface area contributed by atoms with Gasteiger partial charge < -0.3 is 15.2 Å². The van der Waals surface area contributed by atoms with Crippen molar-refractivity contribution >= 4 is 5.91 Å². The number of aliphatic hydroxyl groups excluding tert-OH is 1. The van der Waals surface area contributed by atoms with Crippen molar-refractivity contribution in [3.05, 3.63) is 29.8 Å². The molecule has 0 aromatic heterocycles. The normalized spacial score (nSPS) is 21.6. The molecule has 1 saturated carbocycles. The predicted molar refractivity (Wildman–Crippen MR) is 77.8 cm³/mol. The summed E-state index contributed by atoms with van der Waals surface area (Å²) >= 11 is 0. The van der Waals surface area contributed by atoms with Crippen LogP contribution in [-0.2, 0) is 4.79 Å². The van der Waals surface area contributed by atoms with E-state index in [9.17, 15) is 18.0 Å². The van der Waals surface area contributed by atoms with Crippen molar-refractivity contribution in [3.8, 4) is 5.75 Å². The van der Waals surface area contributed by atoms with Crippen molar-refractivity contribution in [1.82, 2.24) is 5.32 Å². The lowest BCUT2D eigenvalue weighted by molar-refractivity contribution is -0.274. The number of hydrogen-bond donors (Lipinski definition) is 2. The monoisotopic (exact) mass is 331 g/mol. The number of rotatable bonds is 7. The highest BCUT2D eigenvalue weighted by Gasteiger charge is 2.43. The minimum Gasteiger partial charge on any atom is -0.406 e. The Balaban J connectivity index is 1.82. The Labute approximate surface area is 132 Å². The molecular formula is C16H20F3NO3. The number of alkyl halides is 3. The van der Waals surface area contributed by atoms with Gasteiger partial charge in [-0.2, -0.15) is 0 Å². The van der Waals surface area contributed by atoms with Crippen LogP contribution in [0.15, 0.2) is 24.3 Å². The van der Waals surface area contributed by atoms with Gasteiger partial charge in [0.2, 0.25) is 5.91 Å². The Bertz CT molecular complexity index is 530. The van der Waals surface area contributed by atoms with Gasteiger partial charge in [-0.25, -0.2) is 0 Å². The Kier molecular flexibility index (Phi) is 5.51. The van der Waals surface area contributed by atoms with Gasteiger partial charge in [0.15, 0.2) is 0 Å². The second-order valence-electron chi connectivity index (χ2n) is 5.93. The molecule has 1 fully saturated rings. The van der Waals surface area contributed by atoms with E-state index >= 15 is 0 Å². The predicted octanol–water partition coefficient (Wildman–Crippen LogP) is 2.82. The van der Waals surface area contributed by atoms with Crippen molar-refractivity contribution in [3.63, 3.8) is 0 Å². The molecule has 0 aliphatic heterocycles. The highest BCUT2D eigenvalue weighted by atomic mass is 19.4. The summed E-state index contributed by atoms with van der Waals surface area (Å²) in [7, 11) is 0. The average molecular weight is 331 g/mol. The Morgan fingerprint density at radius 1 is 1.39 bits per heavy atom. The van der Waals surface area contributed by atoms with Crippen LogP contribution >= 0.6 is 0 Å². The first-order valence-corrected chi connectivity index (χ1v) is 7.54. The lowest BCUT2D eigenvalue weighted by Crippen LogP contribution is -2.30. The van der Waals surface area contributed by atoms with Crippen LogP contribution in [0.25, 0.3) is 0 Å². The van der Waals surface area contributed by atoms with Gasteiger partial charge in [-0.05, 0) is 42.4 Å². The maximum absolute atomic E-state index is 12.1. The standard InChI is InChI=1S/C16H20F3NO3/c1-10(6-7-21)9-20-15(22)14-8-13(14)11-2-4-12(5-3-11)23-16(17,18)19/h2-5,10,13-14,21H,6-9H2,1H3,(H,20,22). The molecule has 23 heavy (non-hydrogen) atoms. The molecule has 1 aromatic carbocycles. The number of amides is 1. The minimum absolute atomic E-state index is 0.0445. The third kappa shape index (κ3) is 5.42. The van der Waals surface area contributed by atoms with Gasteiger partial charge in [-0.3, -0.25) is 4.79 Å². The first-order chi connectivity index (χ1) is 10.8. The van der Waals surface area contributed by atoms with Gasteiger partial charge in [0.05, 0.1) is 0 Å². The maximum atomic E-state index is 12.1. The number of nitrogens with one attached hydrogen (secondary N) is 1. The quantitative estimate of drug-likeness (QED) is 0.808. The Morgan fingerprint density at radius 3 is 2.61 bits per heavy atom. The highest BCUT2D eigenvalue weighted by molar-refractivity contribution is 5.82. The first-order valence-electron chi connectivity index (χ1n) is 7.54. The number of carbonyl (C=O) groups is 1. The largest absolute Gasteiger partial charge is 0.573 e. The van der Waals surface area contributed by atoms with E-state index in [0.717, 1.165) is 5.56 Å². The fraction of sp³-hybridized carbons (Fsp3) is 0.562. The van der Waals surface area contributed by atoms with Crippen molar-refractivity contribution in [2.24, 2.45) is 11.8 Å². The summed E-state index contributed by atoms with van der Waals surface area (Å²) in [6.45, 7) is 2.55. The zero-order chi connectivity index (χ0) is 17.0. The summed E-state index contributed by atoms with van der Waals surface area (Å²) in [6, 6.07) is 5.65. The van der Waals surface area contributed by atoms with Gasteiger partial charge in [0, 0.05) is 19.1 Å². The van der Waals surface area contributed by atoms with Gasteiger partial charge >= 0.3 is 6.36 Å². The number of benzene rings is 1. The molecule has 0 saturated heterocycles. The van der Waals surface area contributed by atoms with Crippen LogP contribution in [0.2, 0.25) is 0 Å². The van der Waals surface area contributed by atoms with Gasteiger partial charge in [-0.15, -0.1) is 13.2 Å². The summed E-state index contributed by atoms with van der Waals surface area (Å²) in [5.41, 5.74) is 0.836. The zero-order valence-corrected chi connectivity index (χ0v) is 12.8. The van der Waals surface area contributed by atoms with Gasteiger partial charge in [-0.1, -0.05) is 19.1 Å². The van der Waals surface area contributed by atoms with Crippen molar-refractivity contribution in [2.75, 3.05) is 13.2 Å². The summed E-state index contributed by atoms with van der Waals surface area (Å²) in [6.07, 6.45) is -3.37. The fourth-order valence-corrected chi connectivity index (χ4v) is 2.50. The van der Waals surface area contributed by atoms with Crippen LogP contribution in [0.5, 0.6) is 5.75 Å². The van der Waals surface area contributed by atoms with Gasteiger partial charge in [0.1, 0.15) is 5.75 Å². The number of halogens is 3. The molecule has 1 aliphatic carbocycles. The number of hydrogen-bond acceptors (Lipinski definition) is 3. The first kappa shape index (κ1) is 17.6. The molecule has 0 spiro atoms. The van der Waals surface area contributed by atoms with E-state index in [0.29, 0.717) is 19.4 Å². The van der Waals surface area contributed by atoms with Crippen molar-refractivity contribution < 1.29 is 27.8 Å². The van der Waals surface area contributed by atoms with Gasteiger partial charge in [0.25, 0.3) is 0 Å². The highest BCUT2D eigenvalue weighted by Crippen LogP contribution is 2.47. The van der Waals surface area contributed by atoms with E-state index in [2.05, 4.69) is 10.1 Å². The average Bonchev–Trinajstić information content (AvgIpc) is 3.25. The van der Waals surface area contributed by atoms with Crippen LogP contribution in [0.3, 0.4) is 0 Å². The lowest BCUT2D eigenvalue weighted by atomic mass is 10.1. The molecule has 0 heterocycles. The topological polar surface area (TPSA) is 58.6 Å². The summed E-state index contributed by atoms with van der Waals surface area (Å²) in [5.74, 6) is -0.190. The zero-order valence-electron chi connectivity index (χ0n) is 12.8. The lowest BCUT2D eigenvalue weighted by Gasteiger charge is -2.11. The van der Waals surface area contributed by atoms with E-state index in [1.807, 2.05) is 6.92 Å². The molecular weight excluding hydrogens is 311 g/mol. The minimum atomic E-state index is -4.70. The van der Waals surface area contributed by atoms with Crippen LogP contribution in [0, 0.1) is 11.8 Å². The van der Waals surface area contributed by atoms with E-state index in [4.69, 9.17) is 5.11 Å². The van der Waals surface area contributed by atoms with Crippen LogP contribution in [-0.4, -0.2) is 30.5 Å². The maximum Gasteiger partial charge on any atom is 0.573 e. The summed E-state index contributed by atoms with van der Waals surface area (Å²) < 4.78 is 40.1. The molecule has 2 N–H and O–H groups in total. The molecule has 1 amide bonds. The number of carbonyl (C=O) groups excluding carboxylic acids is 1. The van der Waals surface area contributed by atoms with Crippen LogP contribution < -0.4 is 10.1 Å². The molecule has 0 radical (unpaired) electrons. The second-order valence-corrected chi connectivity index (χ2v) is 5.93. The molecule has 3 unspecified atom stereocenters. The second kappa shape index (κ2) is 7.21. The van der Waals surface area contributed by atoms with Crippen molar-refractivity contribution in [2.45, 2.75) is 32.0 Å². The van der Waals surface area contributed by atoms with E-state index < -0.39 is 6.36 Å². The summed E-state index contributed by atoms with van der Waals surface area (Å²) in [5, 5.41) is 11.7. The fourth-order valence-electron chi connectivity index (χ4n) is 2.50. The van der Waals surface area contributed by atoms with E-state index in [-0.39, 0.29) is 36.0 Å². The molecule has 0 bridgehead atoms. The molecule has 1 aromatic rings. The summed E-state index contributed by atoms with van der Waals surface area (Å²) in [4.78, 5) is 12.0. The molecule has 3 atom stereocenters. The van der Waals surface area contributed by atoms with Crippen LogP contribution in [0.1, 0.15) is 31.2 Å². The smallest absolute Gasteiger partial charge is 0.406 e. The Morgan fingerprint density at radius 2 is 2.04 bits per heavy atom. The molecule has 7 heteroatoms. The molecule has 1 aliphatic rings. The van der Waals surface area contributed by atoms with Crippen molar-refractivity contribution in [1.29, 1.82) is 0 Å². The van der Waals surface area contributed by atoms with E-state index in [1.54, 1.807) is 12.1 Å². The molecule has 4 nitrogen and oxygen atoms in total.